The summed E-state index contributed by atoms with van der Waals surface area (Å²) in [6, 6.07) is 8.70. The summed E-state index contributed by atoms with van der Waals surface area (Å²) in [7, 11) is 0. The zero-order chi connectivity index (χ0) is 11.8. The van der Waals surface area contributed by atoms with Crippen LogP contribution in [0.5, 0.6) is 0 Å². The van der Waals surface area contributed by atoms with E-state index in [4.69, 9.17) is 0 Å². The SMILES string of the molecule is C/C=N/NC(=O)CNC(=O)c1ccccc1. The fourth-order valence-electron chi connectivity index (χ4n) is 1.03. The van der Waals surface area contributed by atoms with E-state index in [9.17, 15) is 9.59 Å². The van der Waals surface area contributed by atoms with Gasteiger partial charge in [0.1, 0.15) is 0 Å². The molecule has 0 aliphatic carbocycles. The molecule has 5 nitrogen and oxygen atoms in total. The van der Waals surface area contributed by atoms with Crippen LogP contribution < -0.4 is 10.7 Å². The predicted octanol–water partition coefficient (Wildman–Crippen LogP) is 0.538. The maximum absolute atomic E-state index is 11.5. The molecule has 0 aromatic heterocycles. The average Bonchev–Trinajstić information content (AvgIpc) is 2.34. The van der Waals surface area contributed by atoms with Crippen LogP contribution in [0.15, 0.2) is 35.4 Å². The number of hydrogen-bond donors (Lipinski definition) is 2. The summed E-state index contributed by atoms with van der Waals surface area (Å²) in [5, 5.41) is 6.03. The molecule has 0 aliphatic rings. The van der Waals surface area contributed by atoms with Crippen molar-refractivity contribution in [3.8, 4) is 0 Å². The first-order chi connectivity index (χ1) is 7.74. The van der Waals surface area contributed by atoms with Crippen LogP contribution >= 0.6 is 0 Å². The van der Waals surface area contributed by atoms with Crippen LogP contribution in [0.4, 0.5) is 0 Å². The molecule has 0 radical (unpaired) electrons. The molecular formula is C11H13N3O2. The first-order valence-electron chi connectivity index (χ1n) is 4.84. The summed E-state index contributed by atoms with van der Waals surface area (Å²) < 4.78 is 0. The van der Waals surface area contributed by atoms with Gasteiger partial charge in [0.05, 0.1) is 6.54 Å². The van der Waals surface area contributed by atoms with Crippen LogP contribution in [0.3, 0.4) is 0 Å². The fraction of sp³-hybridized carbons (Fsp3) is 0.182. The van der Waals surface area contributed by atoms with E-state index >= 15 is 0 Å². The summed E-state index contributed by atoms with van der Waals surface area (Å²) >= 11 is 0. The predicted molar refractivity (Wildman–Crippen MR) is 61.1 cm³/mol. The highest BCUT2D eigenvalue weighted by Gasteiger charge is 2.06. The maximum Gasteiger partial charge on any atom is 0.259 e. The Hall–Kier alpha value is -2.17. The normalized spacial score (nSPS) is 10.1. The lowest BCUT2D eigenvalue weighted by atomic mass is 10.2. The van der Waals surface area contributed by atoms with E-state index < -0.39 is 0 Å². The number of nitrogens with one attached hydrogen (secondary N) is 2. The van der Waals surface area contributed by atoms with Crippen molar-refractivity contribution < 1.29 is 9.59 Å². The number of hydrogen-bond acceptors (Lipinski definition) is 3. The van der Waals surface area contributed by atoms with Gasteiger partial charge in [-0.05, 0) is 19.1 Å². The zero-order valence-electron chi connectivity index (χ0n) is 8.93. The first-order valence-corrected chi connectivity index (χ1v) is 4.84. The Labute approximate surface area is 93.5 Å². The Morgan fingerprint density at radius 2 is 2.00 bits per heavy atom. The molecule has 1 aromatic carbocycles. The maximum atomic E-state index is 11.5. The van der Waals surface area contributed by atoms with Crippen LogP contribution in [0.1, 0.15) is 17.3 Å². The third kappa shape index (κ3) is 3.91. The van der Waals surface area contributed by atoms with E-state index in [0.717, 1.165) is 0 Å². The molecule has 84 valence electrons. The second-order valence-corrected chi connectivity index (χ2v) is 2.97. The number of carbonyl (C=O) groups is 2. The van der Waals surface area contributed by atoms with Gasteiger partial charge in [-0.1, -0.05) is 18.2 Å². The van der Waals surface area contributed by atoms with Crippen molar-refractivity contribution in [3.05, 3.63) is 35.9 Å². The number of amides is 2. The lowest BCUT2D eigenvalue weighted by Gasteiger charge is -2.03. The molecule has 0 saturated carbocycles. The minimum absolute atomic E-state index is 0.0922. The quantitative estimate of drug-likeness (QED) is 0.573. The van der Waals surface area contributed by atoms with Crippen LogP contribution in [0, 0.1) is 0 Å². The summed E-state index contributed by atoms with van der Waals surface area (Å²) in [4.78, 5) is 22.6. The average molecular weight is 219 g/mol. The van der Waals surface area contributed by atoms with E-state index in [1.54, 1.807) is 31.2 Å². The summed E-state index contributed by atoms with van der Waals surface area (Å²) in [5.41, 5.74) is 2.78. The van der Waals surface area contributed by atoms with Crippen molar-refractivity contribution in [2.75, 3.05) is 6.54 Å². The van der Waals surface area contributed by atoms with Crippen molar-refractivity contribution in [2.45, 2.75) is 6.92 Å². The van der Waals surface area contributed by atoms with Crippen molar-refractivity contribution in [1.29, 1.82) is 0 Å². The van der Waals surface area contributed by atoms with E-state index in [0.29, 0.717) is 5.56 Å². The smallest absolute Gasteiger partial charge is 0.259 e. The Morgan fingerprint density at radius 1 is 1.31 bits per heavy atom. The Bertz CT molecular complexity index is 387. The van der Waals surface area contributed by atoms with Gasteiger partial charge in [-0.15, -0.1) is 0 Å². The van der Waals surface area contributed by atoms with Crippen LogP contribution in [-0.4, -0.2) is 24.6 Å². The van der Waals surface area contributed by atoms with Gasteiger partial charge in [-0.2, -0.15) is 5.10 Å². The van der Waals surface area contributed by atoms with Gasteiger partial charge < -0.3 is 5.32 Å². The van der Waals surface area contributed by atoms with E-state index in [1.807, 2.05) is 6.07 Å². The molecule has 0 saturated heterocycles. The molecule has 5 heteroatoms. The highest BCUT2D eigenvalue weighted by Crippen LogP contribution is 1.96. The standard InChI is InChI=1S/C11H13N3O2/c1-2-13-14-10(15)8-12-11(16)9-6-4-3-5-7-9/h2-7H,8H2,1H3,(H,12,16)(H,14,15)/b13-2+. The molecule has 1 rings (SSSR count). The molecule has 16 heavy (non-hydrogen) atoms. The van der Waals surface area contributed by atoms with Gasteiger partial charge in [-0.3, -0.25) is 9.59 Å². The summed E-state index contributed by atoms with van der Waals surface area (Å²) in [5.74, 6) is -0.640. The highest BCUT2D eigenvalue weighted by atomic mass is 16.2. The second kappa shape index (κ2) is 6.34. The van der Waals surface area contributed by atoms with E-state index in [-0.39, 0.29) is 18.4 Å². The molecule has 0 aliphatic heterocycles. The van der Waals surface area contributed by atoms with E-state index in [1.165, 1.54) is 6.21 Å². The number of nitrogens with zero attached hydrogens (tertiary/aromatic N) is 1. The van der Waals surface area contributed by atoms with Crippen LogP contribution in [0.2, 0.25) is 0 Å². The molecule has 0 spiro atoms. The Balaban J connectivity index is 2.39. The van der Waals surface area contributed by atoms with Crippen molar-refractivity contribution in [1.82, 2.24) is 10.7 Å². The minimum atomic E-state index is -0.359. The Kier molecular flexibility index (Phi) is 4.72. The minimum Gasteiger partial charge on any atom is -0.343 e. The van der Waals surface area contributed by atoms with Gasteiger partial charge in [0.25, 0.3) is 11.8 Å². The molecule has 0 atom stereocenters. The van der Waals surface area contributed by atoms with E-state index in [2.05, 4.69) is 15.8 Å². The monoisotopic (exact) mass is 219 g/mol. The molecule has 1 aromatic rings. The van der Waals surface area contributed by atoms with Gasteiger partial charge in [-0.25, -0.2) is 5.43 Å². The van der Waals surface area contributed by atoms with Crippen LogP contribution in [0.25, 0.3) is 0 Å². The number of benzene rings is 1. The van der Waals surface area contributed by atoms with Crippen LogP contribution in [-0.2, 0) is 4.79 Å². The number of hydrazone groups is 1. The third-order valence-corrected chi connectivity index (χ3v) is 1.76. The van der Waals surface area contributed by atoms with Crippen molar-refractivity contribution >= 4 is 18.0 Å². The fourth-order valence-corrected chi connectivity index (χ4v) is 1.03. The molecular weight excluding hydrogens is 206 g/mol. The van der Waals surface area contributed by atoms with Gasteiger partial charge in [0.15, 0.2) is 0 Å². The van der Waals surface area contributed by atoms with Crippen molar-refractivity contribution in [3.63, 3.8) is 0 Å². The molecule has 2 N–H and O–H groups in total. The Morgan fingerprint density at radius 3 is 2.62 bits per heavy atom. The largest absolute Gasteiger partial charge is 0.343 e. The third-order valence-electron chi connectivity index (χ3n) is 1.76. The lowest BCUT2D eigenvalue weighted by molar-refractivity contribution is -0.120. The van der Waals surface area contributed by atoms with Crippen molar-refractivity contribution in [2.24, 2.45) is 5.10 Å². The van der Waals surface area contributed by atoms with Gasteiger partial charge in [0, 0.05) is 11.8 Å². The summed E-state index contributed by atoms with van der Waals surface area (Å²) in [6.07, 6.45) is 1.46. The number of rotatable bonds is 4. The molecule has 2 amide bonds. The van der Waals surface area contributed by atoms with Gasteiger partial charge in [0.2, 0.25) is 0 Å². The summed E-state index contributed by atoms with van der Waals surface area (Å²) in [6.45, 7) is 1.59. The lowest BCUT2D eigenvalue weighted by Crippen LogP contribution is -2.34. The molecule has 0 unspecified atom stereocenters. The first kappa shape index (κ1) is 11.9. The number of carbonyl (C=O) groups excluding carboxylic acids is 2. The highest BCUT2D eigenvalue weighted by molar-refractivity contribution is 5.96. The van der Waals surface area contributed by atoms with Gasteiger partial charge >= 0.3 is 0 Å². The molecule has 0 bridgehead atoms. The topological polar surface area (TPSA) is 70.6 Å². The second-order valence-electron chi connectivity index (χ2n) is 2.97. The molecule has 0 heterocycles. The molecule has 0 fully saturated rings. The zero-order valence-corrected chi connectivity index (χ0v) is 8.93.